The maximum absolute atomic E-state index is 13.2. The molecule has 2 aromatic rings. The van der Waals surface area contributed by atoms with Gasteiger partial charge in [-0.3, -0.25) is 9.48 Å². The molecule has 1 saturated heterocycles. The monoisotopic (exact) mass is 472 g/mol. The highest BCUT2D eigenvalue weighted by molar-refractivity contribution is 7.91. The van der Waals surface area contributed by atoms with Crippen LogP contribution in [0.25, 0.3) is 0 Å². The van der Waals surface area contributed by atoms with E-state index in [1.54, 1.807) is 40.0 Å². The highest BCUT2D eigenvalue weighted by Gasteiger charge is 2.36. The molecule has 0 radical (unpaired) electrons. The zero-order chi connectivity index (χ0) is 23.1. The molecule has 3 rings (SSSR count). The lowest BCUT2D eigenvalue weighted by molar-refractivity contribution is -0.135. The zero-order valence-electron chi connectivity index (χ0n) is 18.3. The molecule has 1 aliphatic heterocycles. The second kappa shape index (κ2) is 8.40. The number of hydrogen-bond acceptors (Lipinski definition) is 7. The number of nitrogens with zero attached hydrogens (tertiary/aromatic N) is 4. The first-order chi connectivity index (χ1) is 14.3. The Balaban J connectivity index is 1.85. The van der Waals surface area contributed by atoms with Crippen molar-refractivity contribution in [2.24, 2.45) is 0 Å². The average molecular weight is 473 g/mol. The summed E-state index contributed by atoms with van der Waals surface area (Å²) in [5, 5.41) is 4.34. The molecule has 0 aromatic carbocycles. The standard InChI is InChI=1S/C19H28N4O6S2/c1-13-18(31(27,28)21(4)11-17-7-6-9-29-17)14(2)23(20-13)15(3)19(24)22(5)16-8-10-30(25,26)12-16/h6-7,9,15-16H,8,10-12H2,1-5H3/t15-,16-/m0/s1. The maximum atomic E-state index is 13.2. The van der Waals surface area contributed by atoms with E-state index in [-0.39, 0.29) is 40.6 Å². The second-order valence-corrected chi connectivity index (χ2v) is 12.2. The second-order valence-electron chi connectivity index (χ2n) is 7.97. The van der Waals surface area contributed by atoms with Gasteiger partial charge in [-0.2, -0.15) is 9.40 Å². The van der Waals surface area contributed by atoms with Crippen LogP contribution in [0.3, 0.4) is 0 Å². The fourth-order valence-electron chi connectivity index (χ4n) is 3.92. The third-order valence-electron chi connectivity index (χ3n) is 5.71. The Morgan fingerprint density at radius 1 is 1.35 bits per heavy atom. The maximum Gasteiger partial charge on any atom is 0.247 e. The zero-order valence-corrected chi connectivity index (χ0v) is 19.9. The van der Waals surface area contributed by atoms with E-state index in [9.17, 15) is 21.6 Å². The smallest absolute Gasteiger partial charge is 0.247 e. The van der Waals surface area contributed by atoms with Gasteiger partial charge in [0.2, 0.25) is 15.9 Å². The van der Waals surface area contributed by atoms with Gasteiger partial charge in [0.05, 0.1) is 35.7 Å². The van der Waals surface area contributed by atoms with Gasteiger partial charge < -0.3 is 9.32 Å². The summed E-state index contributed by atoms with van der Waals surface area (Å²) in [7, 11) is -3.99. The first-order valence-electron chi connectivity index (χ1n) is 9.86. The number of rotatable bonds is 7. The molecule has 0 N–H and O–H groups in total. The molecule has 172 valence electrons. The molecule has 0 saturated carbocycles. The number of carbonyl (C=O) groups excluding carboxylic acids is 1. The minimum Gasteiger partial charge on any atom is -0.468 e. The van der Waals surface area contributed by atoms with Crippen LogP contribution in [0.4, 0.5) is 0 Å². The SMILES string of the molecule is Cc1nn([C@@H](C)C(=O)N(C)[C@H]2CCS(=O)(=O)C2)c(C)c1S(=O)(=O)N(C)Cc1ccco1. The van der Waals surface area contributed by atoms with Crippen LogP contribution in [0.1, 0.15) is 36.5 Å². The molecule has 10 nitrogen and oxygen atoms in total. The minimum atomic E-state index is -3.88. The number of sulfonamides is 1. The highest BCUT2D eigenvalue weighted by atomic mass is 32.2. The van der Waals surface area contributed by atoms with Crippen molar-refractivity contribution in [2.45, 2.75) is 50.7 Å². The fraction of sp³-hybridized carbons (Fsp3) is 0.579. The van der Waals surface area contributed by atoms with Gasteiger partial charge in [-0.15, -0.1) is 0 Å². The molecule has 0 unspecified atom stereocenters. The Morgan fingerprint density at radius 2 is 2.03 bits per heavy atom. The molecule has 31 heavy (non-hydrogen) atoms. The van der Waals surface area contributed by atoms with Crippen molar-refractivity contribution >= 4 is 25.8 Å². The number of likely N-dealkylation sites (N-methyl/N-ethyl adjacent to an activating group) is 1. The molecule has 1 aliphatic rings. The number of sulfone groups is 1. The quantitative estimate of drug-likeness (QED) is 0.592. The predicted octanol–water partition coefficient (Wildman–Crippen LogP) is 1.12. The van der Waals surface area contributed by atoms with Crippen LogP contribution < -0.4 is 0 Å². The van der Waals surface area contributed by atoms with Crippen molar-refractivity contribution in [2.75, 3.05) is 25.6 Å². The van der Waals surface area contributed by atoms with Crippen LogP contribution in [0.15, 0.2) is 27.7 Å². The van der Waals surface area contributed by atoms with Crippen LogP contribution in [-0.4, -0.2) is 73.4 Å². The van der Waals surface area contributed by atoms with Gasteiger partial charge in [0, 0.05) is 20.1 Å². The lowest BCUT2D eigenvalue weighted by Gasteiger charge is -2.27. The molecular weight excluding hydrogens is 444 g/mol. The van der Waals surface area contributed by atoms with Crippen LogP contribution in [-0.2, 0) is 31.2 Å². The molecule has 1 fully saturated rings. The van der Waals surface area contributed by atoms with Gasteiger partial charge in [0.1, 0.15) is 16.7 Å². The van der Waals surface area contributed by atoms with Crippen molar-refractivity contribution < 1.29 is 26.0 Å². The third kappa shape index (κ3) is 4.55. The summed E-state index contributed by atoms with van der Waals surface area (Å²) in [5.74, 6) is 0.190. The van der Waals surface area contributed by atoms with Gasteiger partial charge in [0.15, 0.2) is 9.84 Å². The summed E-state index contributed by atoms with van der Waals surface area (Å²) in [6.07, 6.45) is 1.87. The molecule has 2 atom stereocenters. The molecule has 0 spiro atoms. The average Bonchev–Trinajstić information content (AvgIpc) is 3.39. The number of furan rings is 1. The number of hydrogen-bond donors (Lipinski definition) is 0. The van der Waals surface area contributed by atoms with Gasteiger partial charge in [-0.1, -0.05) is 0 Å². The van der Waals surface area contributed by atoms with E-state index in [1.165, 1.54) is 27.2 Å². The van der Waals surface area contributed by atoms with E-state index < -0.39 is 25.9 Å². The third-order valence-corrected chi connectivity index (χ3v) is 9.52. The summed E-state index contributed by atoms with van der Waals surface area (Å²) in [6, 6.07) is 2.20. The number of amides is 1. The Hall–Kier alpha value is -2.18. The van der Waals surface area contributed by atoms with Gasteiger partial charge >= 0.3 is 0 Å². The molecule has 2 aromatic heterocycles. The number of aromatic nitrogens is 2. The summed E-state index contributed by atoms with van der Waals surface area (Å²) in [6.45, 7) is 4.89. The van der Waals surface area contributed by atoms with Gasteiger partial charge in [-0.25, -0.2) is 16.8 Å². The van der Waals surface area contributed by atoms with Crippen molar-refractivity contribution in [1.82, 2.24) is 19.0 Å². The lowest BCUT2D eigenvalue weighted by atomic mass is 10.2. The number of carbonyl (C=O) groups is 1. The van der Waals surface area contributed by atoms with Crippen LogP contribution >= 0.6 is 0 Å². The van der Waals surface area contributed by atoms with Crippen LogP contribution in [0.2, 0.25) is 0 Å². The van der Waals surface area contributed by atoms with Crippen molar-refractivity contribution in [3.05, 3.63) is 35.5 Å². The summed E-state index contributed by atoms with van der Waals surface area (Å²) >= 11 is 0. The molecule has 3 heterocycles. The molecule has 0 bridgehead atoms. The summed E-state index contributed by atoms with van der Waals surface area (Å²) < 4.78 is 57.7. The van der Waals surface area contributed by atoms with E-state index in [0.717, 1.165) is 0 Å². The first-order valence-corrected chi connectivity index (χ1v) is 13.1. The predicted molar refractivity (Wildman–Crippen MR) is 114 cm³/mol. The highest BCUT2D eigenvalue weighted by Crippen LogP contribution is 2.27. The van der Waals surface area contributed by atoms with Crippen molar-refractivity contribution in [1.29, 1.82) is 0 Å². The van der Waals surface area contributed by atoms with Gasteiger partial charge in [-0.05, 0) is 39.3 Å². The van der Waals surface area contributed by atoms with E-state index in [1.807, 2.05) is 0 Å². The first kappa shape index (κ1) is 23.5. The lowest BCUT2D eigenvalue weighted by Crippen LogP contribution is -2.41. The van der Waals surface area contributed by atoms with E-state index in [4.69, 9.17) is 4.42 Å². The normalized spacial score (nSPS) is 19.6. The topological polar surface area (TPSA) is 123 Å². The fourth-order valence-corrected chi connectivity index (χ4v) is 7.19. The van der Waals surface area contributed by atoms with Crippen LogP contribution in [0.5, 0.6) is 0 Å². The molecular formula is C19H28N4O6S2. The van der Waals surface area contributed by atoms with Crippen LogP contribution in [0, 0.1) is 13.8 Å². The minimum absolute atomic E-state index is 0.0484. The number of aryl methyl sites for hydroxylation is 1. The van der Waals surface area contributed by atoms with E-state index in [0.29, 0.717) is 17.9 Å². The van der Waals surface area contributed by atoms with E-state index in [2.05, 4.69) is 5.10 Å². The van der Waals surface area contributed by atoms with E-state index >= 15 is 0 Å². The molecule has 0 aliphatic carbocycles. The molecule has 12 heteroatoms. The summed E-state index contributed by atoms with van der Waals surface area (Å²) in [4.78, 5) is 14.5. The van der Waals surface area contributed by atoms with Gasteiger partial charge in [0.25, 0.3) is 0 Å². The van der Waals surface area contributed by atoms with Crippen molar-refractivity contribution in [3.63, 3.8) is 0 Å². The Kier molecular flexibility index (Phi) is 6.36. The summed E-state index contributed by atoms with van der Waals surface area (Å²) in [5.41, 5.74) is 0.631. The van der Waals surface area contributed by atoms with Crippen molar-refractivity contribution in [3.8, 4) is 0 Å². The Bertz CT molecular complexity index is 1170. The Morgan fingerprint density at radius 3 is 2.58 bits per heavy atom. The largest absolute Gasteiger partial charge is 0.468 e. The molecule has 1 amide bonds. The Labute approximate surface area is 182 Å².